The van der Waals surface area contributed by atoms with Gasteiger partial charge in [-0.15, -0.1) is 0 Å². The molecule has 5 heteroatoms. The van der Waals surface area contributed by atoms with Crippen LogP contribution in [0.5, 0.6) is 0 Å². The predicted molar refractivity (Wildman–Crippen MR) is 89.3 cm³/mol. The highest BCUT2D eigenvalue weighted by Crippen LogP contribution is 2.23. The minimum Gasteiger partial charge on any atom is -0.376 e. The number of para-hydroxylation sites is 1. The minimum atomic E-state index is 0.105. The van der Waals surface area contributed by atoms with Crippen molar-refractivity contribution in [2.45, 2.75) is 38.0 Å². The van der Waals surface area contributed by atoms with Crippen LogP contribution in [0, 0.1) is 0 Å². The smallest absolute Gasteiger partial charge is 0.224 e. The fourth-order valence-corrected chi connectivity index (χ4v) is 3.87. The highest BCUT2D eigenvalue weighted by Gasteiger charge is 2.36. The highest BCUT2D eigenvalue weighted by atomic mass is 16.5. The van der Waals surface area contributed by atoms with Gasteiger partial charge in [-0.05, 0) is 25.0 Å². The Kier molecular flexibility index (Phi) is 3.83. The fourth-order valence-electron chi connectivity index (χ4n) is 3.87. The molecule has 3 atom stereocenters. The second-order valence-electron chi connectivity index (χ2n) is 6.79. The molecular formula is C18H23N3O2. The van der Waals surface area contributed by atoms with E-state index in [4.69, 9.17) is 4.74 Å². The van der Waals surface area contributed by atoms with Gasteiger partial charge in [0, 0.05) is 42.3 Å². The lowest BCUT2D eigenvalue weighted by Crippen LogP contribution is -2.45. The lowest BCUT2D eigenvalue weighted by atomic mass is 10.1. The van der Waals surface area contributed by atoms with Crippen LogP contribution in [-0.2, 0) is 16.0 Å². The summed E-state index contributed by atoms with van der Waals surface area (Å²) in [5.74, 6) is 0.105. The third-order valence-corrected chi connectivity index (χ3v) is 4.98. The van der Waals surface area contributed by atoms with Gasteiger partial charge in [0.2, 0.25) is 5.91 Å². The number of H-pyrrole nitrogens is 1. The van der Waals surface area contributed by atoms with E-state index in [2.05, 4.69) is 28.2 Å². The van der Waals surface area contributed by atoms with Crippen LogP contribution < -0.4 is 5.32 Å². The number of nitrogens with zero attached hydrogens (tertiary/aromatic N) is 1. The molecule has 1 aromatic heterocycles. The van der Waals surface area contributed by atoms with E-state index >= 15 is 0 Å². The molecule has 122 valence electrons. The van der Waals surface area contributed by atoms with Gasteiger partial charge in [0.25, 0.3) is 0 Å². The Bertz CT molecular complexity index is 711. The molecule has 2 fully saturated rings. The summed E-state index contributed by atoms with van der Waals surface area (Å²) in [4.78, 5) is 18.1. The number of amides is 1. The van der Waals surface area contributed by atoms with Gasteiger partial charge >= 0.3 is 0 Å². The van der Waals surface area contributed by atoms with E-state index in [1.807, 2.05) is 24.4 Å². The monoisotopic (exact) mass is 313 g/mol. The van der Waals surface area contributed by atoms with Crippen molar-refractivity contribution in [3.05, 3.63) is 36.0 Å². The maximum Gasteiger partial charge on any atom is 0.224 e. The molecule has 5 nitrogen and oxygen atoms in total. The number of carbonyl (C=O) groups excluding carboxylic acids is 1. The quantitative estimate of drug-likeness (QED) is 0.906. The Morgan fingerprint density at radius 2 is 2.26 bits per heavy atom. The number of ether oxygens (including phenoxy) is 1. The molecule has 0 aliphatic carbocycles. The molecule has 0 unspecified atom stereocenters. The minimum absolute atomic E-state index is 0.105. The first-order valence-corrected chi connectivity index (χ1v) is 8.39. The number of hydrogen-bond donors (Lipinski definition) is 2. The van der Waals surface area contributed by atoms with Gasteiger partial charge in [-0.3, -0.25) is 9.69 Å². The van der Waals surface area contributed by atoms with Crippen LogP contribution in [0.15, 0.2) is 30.5 Å². The van der Waals surface area contributed by atoms with Crippen molar-refractivity contribution in [1.82, 2.24) is 15.2 Å². The Labute approximate surface area is 136 Å². The number of nitrogens with one attached hydrogen (secondary N) is 2. The second kappa shape index (κ2) is 5.98. The topological polar surface area (TPSA) is 57.4 Å². The maximum atomic E-state index is 12.4. The lowest BCUT2D eigenvalue weighted by molar-refractivity contribution is -0.121. The predicted octanol–water partition coefficient (Wildman–Crippen LogP) is 1.69. The van der Waals surface area contributed by atoms with Crippen molar-refractivity contribution < 1.29 is 9.53 Å². The molecule has 0 saturated carbocycles. The number of fused-ring (bicyclic) bond motifs is 2. The normalized spacial score (nSPS) is 28.0. The van der Waals surface area contributed by atoms with Crippen molar-refractivity contribution in [2.75, 3.05) is 19.7 Å². The Morgan fingerprint density at radius 3 is 3.17 bits per heavy atom. The zero-order valence-electron chi connectivity index (χ0n) is 13.4. The first kappa shape index (κ1) is 14.7. The van der Waals surface area contributed by atoms with Gasteiger partial charge in [0.15, 0.2) is 0 Å². The standard InChI is InChI=1S/C18H23N3O2/c1-12-9-21-10-14(7-15(21)11-23-12)20-18(22)6-13-8-19-17-5-3-2-4-16(13)17/h2-5,8,12,14-15,19H,6-7,9-11H2,1H3,(H,20,22)/t12-,14-,15-/m0/s1. The van der Waals surface area contributed by atoms with Crippen LogP contribution in [0.25, 0.3) is 10.9 Å². The number of aromatic amines is 1. The van der Waals surface area contributed by atoms with Gasteiger partial charge in [-0.25, -0.2) is 0 Å². The van der Waals surface area contributed by atoms with E-state index in [1.165, 1.54) is 0 Å². The van der Waals surface area contributed by atoms with E-state index in [-0.39, 0.29) is 11.9 Å². The van der Waals surface area contributed by atoms with E-state index in [1.54, 1.807) is 0 Å². The van der Waals surface area contributed by atoms with Gasteiger partial charge in [0.1, 0.15) is 0 Å². The third kappa shape index (κ3) is 2.99. The van der Waals surface area contributed by atoms with Gasteiger partial charge in [-0.2, -0.15) is 0 Å². The van der Waals surface area contributed by atoms with Crippen molar-refractivity contribution in [3.63, 3.8) is 0 Å². The van der Waals surface area contributed by atoms with Crippen LogP contribution in [-0.4, -0.2) is 53.7 Å². The van der Waals surface area contributed by atoms with Crippen LogP contribution in [0.4, 0.5) is 0 Å². The molecule has 3 heterocycles. The van der Waals surface area contributed by atoms with E-state index in [0.29, 0.717) is 18.6 Å². The summed E-state index contributed by atoms with van der Waals surface area (Å²) in [6, 6.07) is 8.81. The summed E-state index contributed by atoms with van der Waals surface area (Å²) in [7, 11) is 0. The molecule has 1 aromatic carbocycles. The number of aromatic nitrogens is 1. The molecule has 2 N–H and O–H groups in total. The largest absolute Gasteiger partial charge is 0.376 e. The third-order valence-electron chi connectivity index (χ3n) is 4.98. The first-order valence-electron chi connectivity index (χ1n) is 8.39. The van der Waals surface area contributed by atoms with Crippen molar-refractivity contribution >= 4 is 16.8 Å². The molecule has 2 aliphatic heterocycles. The summed E-state index contributed by atoms with van der Waals surface area (Å²) in [6.45, 7) is 4.81. The number of morpholine rings is 1. The SMILES string of the molecule is C[C@H]1CN2C[C@@H](NC(=O)Cc3c[nH]c4ccccc34)C[C@H]2CO1. The summed E-state index contributed by atoms with van der Waals surface area (Å²) in [5.41, 5.74) is 2.14. The molecule has 2 aliphatic rings. The van der Waals surface area contributed by atoms with Crippen LogP contribution in [0.3, 0.4) is 0 Å². The maximum absolute atomic E-state index is 12.4. The average molecular weight is 313 g/mol. The summed E-state index contributed by atoms with van der Waals surface area (Å²) >= 11 is 0. The van der Waals surface area contributed by atoms with Crippen molar-refractivity contribution in [1.29, 1.82) is 0 Å². The summed E-state index contributed by atoms with van der Waals surface area (Å²) in [5, 5.41) is 4.34. The number of carbonyl (C=O) groups is 1. The number of hydrogen-bond acceptors (Lipinski definition) is 3. The van der Waals surface area contributed by atoms with Crippen LogP contribution in [0.1, 0.15) is 18.9 Å². The van der Waals surface area contributed by atoms with Gasteiger partial charge < -0.3 is 15.0 Å². The molecule has 2 aromatic rings. The Hall–Kier alpha value is -1.85. The van der Waals surface area contributed by atoms with Gasteiger partial charge in [-0.1, -0.05) is 18.2 Å². The molecule has 2 saturated heterocycles. The molecule has 0 radical (unpaired) electrons. The van der Waals surface area contributed by atoms with E-state index < -0.39 is 0 Å². The highest BCUT2D eigenvalue weighted by molar-refractivity contribution is 5.88. The number of benzene rings is 1. The fraction of sp³-hybridized carbons (Fsp3) is 0.500. The average Bonchev–Trinajstić information content (AvgIpc) is 3.11. The van der Waals surface area contributed by atoms with Crippen LogP contribution in [0.2, 0.25) is 0 Å². The second-order valence-corrected chi connectivity index (χ2v) is 6.79. The number of rotatable bonds is 3. The van der Waals surface area contributed by atoms with Gasteiger partial charge in [0.05, 0.1) is 19.1 Å². The van der Waals surface area contributed by atoms with E-state index in [9.17, 15) is 4.79 Å². The summed E-state index contributed by atoms with van der Waals surface area (Å²) < 4.78 is 5.72. The molecule has 0 bridgehead atoms. The zero-order chi connectivity index (χ0) is 15.8. The first-order chi connectivity index (χ1) is 11.2. The molecular weight excluding hydrogens is 290 g/mol. The zero-order valence-corrected chi connectivity index (χ0v) is 13.4. The summed E-state index contributed by atoms with van der Waals surface area (Å²) in [6.07, 6.45) is 3.66. The van der Waals surface area contributed by atoms with Crippen molar-refractivity contribution in [2.24, 2.45) is 0 Å². The Balaban J connectivity index is 1.37. The van der Waals surface area contributed by atoms with Crippen LogP contribution >= 0.6 is 0 Å². The van der Waals surface area contributed by atoms with E-state index in [0.717, 1.165) is 42.6 Å². The lowest BCUT2D eigenvalue weighted by Gasteiger charge is -2.33. The van der Waals surface area contributed by atoms with Crippen molar-refractivity contribution in [3.8, 4) is 0 Å². The molecule has 4 rings (SSSR count). The molecule has 1 amide bonds. The molecule has 23 heavy (non-hydrogen) atoms. The Morgan fingerprint density at radius 1 is 1.39 bits per heavy atom. The molecule has 0 spiro atoms.